The van der Waals surface area contributed by atoms with Crippen LogP contribution in [0.1, 0.15) is 5.56 Å². The Bertz CT molecular complexity index is 763. The van der Waals surface area contributed by atoms with Crippen molar-refractivity contribution in [3.63, 3.8) is 0 Å². The molecule has 5 nitrogen and oxygen atoms in total. The van der Waals surface area contributed by atoms with Crippen molar-refractivity contribution in [2.75, 3.05) is 5.32 Å². The summed E-state index contributed by atoms with van der Waals surface area (Å²) in [5, 5.41) is 2.88. The number of imidazole rings is 1. The highest BCUT2D eigenvalue weighted by Gasteiger charge is 2.10. The lowest BCUT2D eigenvalue weighted by atomic mass is 10.2. The van der Waals surface area contributed by atoms with E-state index < -0.39 is 0 Å². The summed E-state index contributed by atoms with van der Waals surface area (Å²) in [7, 11) is 0. The zero-order valence-corrected chi connectivity index (χ0v) is 12.2. The summed E-state index contributed by atoms with van der Waals surface area (Å²) in [5.74, 6) is 0.582. The molecule has 2 heterocycles. The Morgan fingerprint density at radius 3 is 2.64 bits per heavy atom. The lowest BCUT2D eigenvalue weighted by Gasteiger charge is -2.08. The van der Waals surface area contributed by atoms with Gasteiger partial charge < -0.3 is 9.88 Å². The number of aryl methyl sites for hydroxylation is 1. The number of aromatic nitrogens is 3. The Balaban J connectivity index is 1.73. The van der Waals surface area contributed by atoms with Gasteiger partial charge in [-0.25, -0.2) is 4.98 Å². The first kappa shape index (κ1) is 14.0. The van der Waals surface area contributed by atoms with Crippen molar-refractivity contribution in [1.82, 2.24) is 14.5 Å². The fourth-order valence-electron chi connectivity index (χ4n) is 2.16. The van der Waals surface area contributed by atoms with Crippen molar-refractivity contribution < 1.29 is 4.79 Å². The molecule has 110 valence electrons. The first-order chi connectivity index (χ1) is 10.7. The van der Waals surface area contributed by atoms with E-state index >= 15 is 0 Å². The predicted molar refractivity (Wildman–Crippen MR) is 85.3 cm³/mol. The van der Waals surface area contributed by atoms with Crippen LogP contribution in [0.15, 0.2) is 61.1 Å². The van der Waals surface area contributed by atoms with E-state index in [9.17, 15) is 4.79 Å². The Morgan fingerprint density at radius 1 is 1.09 bits per heavy atom. The zero-order valence-electron chi connectivity index (χ0n) is 12.2. The van der Waals surface area contributed by atoms with Gasteiger partial charge >= 0.3 is 0 Å². The lowest BCUT2D eigenvalue weighted by Crippen LogP contribution is -2.19. The summed E-state index contributed by atoms with van der Waals surface area (Å²) < 4.78 is 1.78. The third-order valence-electron chi connectivity index (χ3n) is 3.26. The number of hydrogen-bond donors (Lipinski definition) is 1. The summed E-state index contributed by atoms with van der Waals surface area (Å²) in [5.41, 5.74) is 2.69. The quantitative estimate of drug-likeness (QED) is 0.804. The van der Waals surface area contributed by atoms with Gasteiger partial charge in [0.1, 0.15) is 12.2 Å². The normalized spacial score (nSPS) is 10.4. The number of carbonyl (C=O) groups is 1. The summed E-state index contributed by atoms with van der Waals surface area (Å²) in [4.78, 5) is 20.7. The molecule has 0 aliphatic heterocycles. The van der Waals surface area contributed by atoms with Crippen molar-refractivity contribution in [2.45, 2.75) is 13.5 Å². The van der Waals surface area contributed by atoms with Crippen LogP contribution in [0, 0.1) is 6.92 Å². The first-order valence-corrected chi connectivity index (χ1v) is 7.01. The number of rotatable bonds is 4. The fraction of sp³-hybridized carbons (Fsp3) is 0.118. The molecule has 2 aromatic heterocycles. The molecular formula is C17H16N4O. The van der Waals surface area contributed by atoms with Gasteiger partial charge in [-0.3, -0.25) is 9.78 Å². The molecule has 3 rings (SSSR count). The summed E-state index contributed by atoms with van der Waals surface area (Å²) in [6, 6.07) is 13.3. The molecular weight excluding hydrogens is 276 g/mol. The molecule has 0 fully saturated rings. The number of amides is 1. The monoisotopic (exact) mass is 292 g/mol. The van der Waals surface area contributed by atoms with Crippen LogP contribution >= 0.6 is 0 Å². The van der Waals surface area contributed by atoms with Crippen LogP contribution in [0.3, 0.4) is 0 Å². The van der Waals surface area contributed by atoms with Crippen molar-refractivity contribution >= 4 is 11.6 Å². The third-order valence-corrected chi connectivity index (χ3v) is 3.26. The van der Waals surface area contributed by atoms with Crippen LogP contribution in [-0.2, 0) is 11.3 Å². The average Bonchev–Trinajstić information content (AvgIpc) is 2.98. The van der Waals surface area contributed by atoms with Gasteiger partial charge in [-0.2, -0.15) is 0 Å². The Kier molecular flexibility index (Phi) is 3.96. The number of benzene rings is 1. The molecule has 5 heteroatoms. The lowest BCUT2D eigenvalue weighted by molar-refractivity contribution is -0.116. The van der Waals surface area contributed by atoms with E-state index in [0.29, 0.717) is 5.82 Å². The van der Waals surface area contributed by atoms with Gasteiger partial charge in [0.25, 0.3) is 0 Å². The smallest absolute Gasteiger partial charge is 0.244 e. The van der Waals surface area contributed by atoms with Crippen LogP contribution in [-0.4, -0.2) is 20.4 Å². The van der Waals surface area contributed by atoms with Crippen LogP contribution in [0.2, 0.25) is 0 Å². The molecule has 0 aliphatic rings. The zero-order chi connectivity index (χ0) is 15.4. The van der Waals surface area contributed by atoms with Crippen molar-refractivity contribution in [2.24, 2.45) is 0 Å². The highest BCUT2D eigenvalue weighted by molar-refractivity contribution is 5.90. The molecule has 0 saturated heterocycles. The summed E-state index contributed by atoms with van der Waals surface area (Å²) >= 11 is 0. The second-order valence-electron chi connectivity index (χ2n) is 5.01. The number of nitrogens with one attached hydrogen (secondary N) is 1. The minimum atomic E-state index is -0.0981. The fourth-order valence-corrected chi connectivity index (χ4v) is 2.16. The molecule has 0 atom stereocenters. The Hall–Kier alpha value is -2.95. The van der Waals surface area contributed by atoms with Crippen molar-refractivity contribution in [1.29, 1.82) is 0 Å². The van der Waals surface area contributed by atoms with Crippen molar-refractivity contribution in [3.8, 4) is 11.5 Å². The molecule has 3 aromatic rings. The van der Waals surface area contributed by atoms with E-state index in [1.807, 2.05) is 49.4 Å². The molecule has 0 radical (unpaired) electrons. The van der Waals surface area contributed by atoms with E-state index in [4.69, 9.17) is 0 Å². The van der Waals surface area contributed by atoms with Gasteiger partial charge in [-0.05, 0) is 31.2 Å². The standard InChI is InChI=1S/C17H16N4O/c1-13-5-7-14(8-6-13)20-16(22)12-21-11-10-19-17(21)15-4-2-3-9-18-15/h2-11H,12H2,1H3,(H,20,22). The van der Waals surface area contributed by atoms with Crippen LogP contribution in [0.5, 0.6) is 0 Å². The molecule has 1 aromatic carbocycles. The highest BCUT2D eigenvalue weighted by atomic mass is 16.1. The first-order valence-electron chi connectivity index (χ1n) is 7.01. The van der Waals surface area contributed by atoms with Crippen LogP contribution in [0.4, 0.5) is 5.69 Å². The summed E-state index contributed by atoms with van der Waals surface area (Å²) in [6.07, 6.45) is 5.16. The van der Waals surface area contributed by atoms with E-state index in [-0.39, 0.29) is 12.5 Å². The van der Waals surface area contributed by atoms with Crippen LogP contribution in [0.25, 0.3) is 11.5 Å². The minimum Gasteiger partial charge on any atom is -0.325 e. The molecule has 0 bridgehead atoms. The second kappa shape index (κ2) is 6.22. The maximum atomic E-state index is 12.2. The van der Waals surface area contributed by atoms with Crippen molar-refractivity contribution in [3.05, 3.63) is 66.6 Å². The molecule has 22 heavy (non-hydrogen) atoms. The molecule has 1 amide bonds. The molecule has 0 aliphatic carbocycles. The van der Waals surface area contributed by atoms with Gasteiger partial charge in [-0.1, -0.05) is 23.8 Å². The number of anilines is 1. The van der Waals surface area contributed by atoms with E-state index in [1.54, 1.807) is 23.2 Å². The maximum absolute atomic E-state index is 12.2. The van der Waals surface area contributed by atoms with Gasteiger partial charge in [0.2, 0.25) is 5.91 Å². The molecule has 0 saturated carbocycles. The third kappa shape index (κ3) is 3.20. The Morgan fingerprint density at radius 2 is 1.91 bits per heavy atom. The van der Waals surface area contributed by atoms with E-state index in [0.717, 1.165) is 16.9 Å². The Labute approximate surface area is 128 Å². The minimum absolute atomic E-state index is 0.0981. The van der Waals surface area contributed by atoms with Gasteiger partial charge in [0.05, 0.1) is 0 Å². The van der Waals surface area contributed by atoms with Gasteiger partial charge in [-0.15, -0.1) is 0 Å². The second-order valence-corrected chi connectivity index (χ2v) is 5.01. The SMILES string of the molecule is Cc1ccc(NC(=O)Cn2ccnc2-c2ccccn2)cc1. The van der Waals surface area contributed by atoms with Gasteiger partial charge in [0.15, 0.2) is 5.82 Å². The van der Waals surface area contributed by atoms with Gasteiger partial charge in [0, 0.05) is 24.3 Å². The molecule has 0 unspecified atom stereocenters. The number of pyridine rings is 1. The topological polar surface area (TPSA) is 59.8 Å². The largest absolute Gasteiger partial charge is 0.325 e. The maximum Gasteiger partial charge on any atom is 0.244 e. The van der Waals surface area contributed by atoms with E-state index in [2.05, 4.69) is 15.3 Å². The van der Waals surface area contributed by atoms with Crippen LogP contribution < -0.4 is 5.32 Å². The predicted octanol–water partition coefficient (Wildman–Crippen LogP) is 2.89. The number of hydrogen-bond acceptors (Lipinski definition) is 3. The van der Waals surface area contributed by atoms with E-state index in [1.165, 1.54) is 0 Å². The highest BCUT2D eigenvalue weighted by Crippen LogP contribution is 2.14. The molecule has 0 spiro atoms. The summed E-state index contributed by atoms with van der Waals surface area (Å²) in [6.45, 7) is 2.20. The number of nitrogens with zero attached hydrogens (tertiary/aromatic N) is 3. The molecule has 1 N–H and O–H groups in total. The number of carbonyl (C=O) groups excluding carboxylic acids is 1. The average molecular weight is 292 g/mol.